The van der Waals surface area contributed by atoms with Gasteiger partial charge < -0.3 is 10.2 Å². The van der Waals surface area contributed by atoms with Crippen molar-refractivity contribution in [2.45, 2.75) is 37.9 Å². The summed E-state index contributed by atoms with van der Waals surface area (Å²) in [4.78, 5) is 4.05. The van der Waals surface area contributed by atoms with Crippen LogP contribution in [-0.2, 0) is 11.2 Å². The van der Waals surface area contributed by atoms with E-state index in [1.54, 1.807) is 0 Å². The Kier molecular flexibility index (Phi) is 1.55. The lowest BCUT2D eigenvalue weighted by Crippen LogP contribution is -2.20. The summed E-state index contributed by atoms with van der Waals surface area (Å²) in [5, 5.41) is 0. The van der Waals surface area contributed by atoms with Crippen LogP contribution in [-0.4, -0.2) is 4.98 Å². The van der Waals surface area contributed by atoms with E-state index < -0.39 is 11.2 Å². The Balaban J connectivity index is 2.29. The van der Waals surface area contributed by atoms with Crippen molar-refractivity contribution in [1.29, 1.82) is 0 Å². The molecule has 0 unspecified atom stereocenters. The molecule has 0 aromatic carbocycles. The Bertz CT molecular complexity index is 303. The maximum Gasteiger partial charge on any atom is 0.214 e. The van der Waals surface area contributed by atoms with Gasteiger partial charge in [-0.3, -0.25) is 0 Å². The van der Waals surface area contributed by atoms with Crippen molar-refractivity contribution in [1.82, 2.24) is 4.98 Å². The highest BCUT2D eigenvalue weighted by molar-refractivity contribution is 5.16. The molecule has 0 spiro atoms. The van der Waals surface area contributed by atoms with Crippen molar-refractivity contribution >= 4 is 0 Å². The van der Waals surface area contributed by atoms with Crippen molar-refractivity contribution in [2.24, 2.45) is 5.73 Å². The summed E-state index contributed by atoms with van der Waals surface area (Å²) in [6.45, 7) is 2.90. The lowest BCUT2D eigenvalue weighted by atomic mass is 10.1. The Morgan fingerprint density at radius 2 is 2.23 bits per heavy atom. The van der Waals surface area contributed by atoms with Gasteiger partial charge in [-0.2, -0.15) is 0 Å². The van der Waals surface area contributed by atoms with Gasteiger partial charge in [0.1, 0.15) is 17.6 Å². The molecule has 2 rings (SSSR count). The zero-order chi connectivity index (χ0) is 9.69. The van der Waals surface area contributed by atoms with Crippen LogP contribution in [0.5, 0.6) is 0 Å². The predicted octanol–water partition coefficient (Wildman–Crippen LogP) is 1.83. The molecule has 13 heavy (non-hydrogen) atoms. The average molecular weight is 184 g/mol. The molecule has 0 saturated heterocycles. The quantitative estimate of drug-likeness (QED) is 0.762. The molecule has 1 aromatic heterocycles. The molecule has 2 N–H and O–H groups in total. The number of rotatable bonds is 2. The summed E-state index contributed by atoms with van der Waals surface area (Å²) in [6.07, 6.45) is 3.10. The Labute approximate surface area is 76.1 Å². The molecule has 1 aromatic rings. The van der Waals surface area contributed by atoms with Gasteiger partial charge in [0.15, 0.2) is 0 Å². The molecule has 1 aliphatic carbocycles. The maximum absolute atomic E-state index is 13.4. The van der Waals surface area contributed by atoms with Crippen LogP contribution in [0.15, 0.2) is 10.7 Å². The van der Waals surface area contributed by atoms with Gasteiger partial charge in [0.2, 0.25) is 5.89 Å². The van der Waals surface area contributed by atoms with E-state index in [1.807, 2.05) is 0 Å². The minimum Gasteiger partial charge on any atom is -0.447 e. The molecule has 1 saturated carbocycles. The summed E-state index contributed by atoms with van der Waals surface area (Å²) in [5.41, 5.74) is 4.30. The molecule has 0 bridgehead atoms. The average Bonchev–Trinajstić information content (AvgIpc) is 2.60. The Morgan fingerprint density at radius 1 is 1.62 bits per heavy atom. The zero-order valence-corrected chi connectivity index (χ0v) is 7.80. The highest BCUT2D eigenvalue weighted by atomic mass is 19.1. The SMILES string of the molecule is CC(C)(F)c1coc(C2(N)CC2)n1. The van der Waals surface area contributed by atoms with Gasteiger partial charge in [0.05, 0.1) is 5.54 Å². The smallest absolute Gasteiger partial charge is 0.214 e. The van der Waals surface area contributed by atoms with Crippen molar-refractivity contribution < 1.29 is 8.81 Å². The van der Waals surface area contributed by atoms with E-state index in [9.17, 15) is 4.39 Å². The highest BCUT2D eigenvalue weighted by Gasteiger charge is 2.45. The van der Waals surface area contributed by atoms with Gasteiger partial charge in [0, 0.05) is 0 Å². The van der Waals surface area contributed by atoms with Crippen molar-refractivity contribution in [3.05, 3.63) is 17.8 Å². The lowest BCUT2D eigenvalue weighted by molar-refractivity contribution is 0.214. The largest absolute Gasteiger partial charge is 0.447 e. The summed E-state index contributed by atoms with van der Waals surface area (Å²) < 4.78 is 18.5. The van der Waals surface area contributed by atoms with Gasteiger partial charge in [0.25, 0.3) is 0 Å². The lowest BCUT2D eigenvalue weighted by Gasteiger charge is -2.08. The molecular formula is C9H13FN2O. The fraction of sp³-hybridized carbons (Fsp3) is 0.667. The Morgan fingerprint density at radius 3 is 2.62 bits per heavy atom. The molecule has 0 radical (unpaired) electrons. The number of nitrogens with two attached hydrogens (primary N) is 1. The van der Waals surface area contributed by atoms with E-state index in [-0.39, 0.29) is 0 Å². The number of halogens is 1. The molecule has 1 heterocycles. The van der Waals surface area contributed by atoms with Gasteiger partial charge in [-0.05, 0) is 26.7 Å². The van der Waals surface area contributed by atoms with E-state index in [0.29, 0.717) is 11.6 Å². The van der Waals surface area contributed by atoms with Crippen molar-refractivity contribution in [3.8, 4) is 0 Å². The second-order valence-corrected chi connectivity index (χ2v) is 4.17. The van der Waals surface area contributed by atoms with E-state index in [2.05, 4.69) is 4.98 Å². The number of hydrogen-bond donors (Lipinski definition) is 1. The fourth-order valence-electron chi connectivity index (χ4n) is 1.12. The first kappa shape index (κ1) is 8.69. The van der Waals surface area contributed by atoms with Gasteiger partial charge >= 0.3 is 0 Å². The first-order valence-corrected chi connectivity index (χ1v) is 4.36. The van der Waals surface area contributed by atoms with Gasteiger partial charge in [-0.1, -0.05) is 0 Å². The molecule has 0 aliphatic heterocycles. The van der Waals surface area contributed by atoms with E-state index in [0.717, 1.165) is 12.8 Å². The zero-order valence-electron chi connectivity index (χ0n) is 7.80. The standard InChI is InChI=1S/C9H13FN2O/c1-8(2,10)6-5-13-7(12-6)9(11)3-4-9/h5H,3-4,11H2,1-2H3. The maximum atomic E-state index is 13.4. The monoisotopic (exact) mass is 184 g/mol. The number of hydrogen-bond acceptors (Lipinski definition) is 3. The number of aromatic nitrogens is 1. The summed E-state index contributed by atoms with van der Waals surface area (Å²) >= 11 is 0. The van der Waals surface area contributed by atoms with Crippen LogP contribution in [0.1, 0.15) is 38.3 Å². The molecule has 4 heteroatoms. The van der Waals surface area contributed by atoms with Crippen LogP contribution in [0, 0.1) is 0 Å². The first-order valence-electron chi connectivity index (χ1n) is 4.36. The molecule has 3 nitrogen and oxygen atoms in total. The van der Waals surface area contributed by atoms with Crippen LogP contribution in [0.3, 0.4) is 0 Å². The third kappa shape index (κ3) is 1.46. The second kappa shape index (κ2) is 2.32. The summed E-state index contributed by atoms with van der Waals surface area (Å²) in [6, 6.07) is 0. The number of alkyl halides is 1. The summed E-state index contributed by atoms with van der Waals surface area (Å²) in [5.74, 6) is 0.466. The van der Waals surface area contributed by atoms with Crippen LogP contribution in [0.25, 0.3) is 0 Å². The number of oxazole rings is 1. The third-order valence-electron chi connectivity index (χ3n) is 2.33. The topological polar surface area (TPSA) is 52.0 Å². The van der Waals surface area contributed by atoms with Crippen LogP contribution in [0.2, 0.25) is 0 Å². The van der Waals surface area contributed by atoms with Gasteiger partial charge in [-0.15, -0.1) is 0 Å². The number of nitrogens with zero attached hydrogens (tertiary/aromatic N) is 1. The summed E-state index contributed by atoms with van der Waals surface area (Å²) in [7, 11) is 0. The highest BCUT2D eigenvalue weighted by Crippen LogP contribution is 2.42. The molecular weight excluding hydrogens is 171 g/mol. The fourth-order valence-corrected chi connectivity index (χ4v) is 1.12. The predicted molar refractivity (Wildman–Crippen MR) is 45.7 cm³/mol. The van der Waals surface area contributed by atoms with E-state index in [1.165, 1.54) is 20.1 Å². The molecule has 72 valence electrons. The van der Waals surface area contributed by atoms with Crippen LogP contribution in [0.4, 0.5) is 4.39 Å². The van der Waals surface area contributed by atoms with E-state index in [4.69, 9.17) is 10.2 Å². The van der Waals surface area contributed by atoms with Gasteiger partial charge in [-0.25, -0.2) is 9.37 Å². The second-order valence-electron chi connectivity index (χ2n) is 4.17. The minimum atomic E-state index is -1.45. The van der Waals surface area contributed by atoms with Crippen LogP contribution >= 0.6 is 0 Å². The van der Waals surface area contributed by atoms with Crippen molar-refractivity contribution in [3.63, 3.8) is 0 Å². The third-order valence-corrected chi connectivity index (χ3v) is 2.33. The van der Waals surface area contributed by atoms with E-state index >= 15 is 0 Å². The molecule has 0 atom stereocenters. The normalized spacial score (nSPS) is 20.3. The molecule has 0 amide bonds. The Hall–Kier alpha value is -0.900. The molecule has 1 fully saturated rings. The van der Waals surface area contributed by atoms with Crippen LogP contribution < -0.4 is 5.73 Å². The first-order chi connectivity index (χ1) is 5.92. The van der Waals surface area contributed by atoms with Crippen molar-refractivity contribution in [2.75, 3.05) is 0 Å². The molecule has 1 aliphatic rings. The minimum absolute atomic E-state index is 0.319.